The van der Waals surface area contributed by atoms with E-state index in [1.165, 1.54) is 5.56 Å². The van der Waals surface area contributed by atoms with Crippen molar-refractivity contribution in [3.05, 3.63) is 23.7 Å². The van der Waals surface area contributed by atoms with E-state index in [0.29, 0.717) is 12.5 Å². The van der Waals surface area contributed by atoms with E-state index in [0.717, 1.165) is 25.3 Å². The van der Waals surface area contributed by atoms with Crippen LogP contribution in [0.2, 0.25) is 0 Å². The Morgan fingerprint density at radius 2 is 2.12 bits per heavy atom. The van der Waals surface area contributed by atoms with Gasteiger partial charge >= 0.3 is 0 Å². The summed E-state index contributed by atoms with van der Waals surface area (Å²) in [5, 5.41) is 3.30. The molecule has 1 aromatic heterocycles. The first-order chi connectivity index (χ1) is 8.13. The molecular formula is C14H25NO2. The normalized spacial score (nSPS) is 13.2. The molecule has 0 amide bonds. The Kier molecular flexibility index (Phi) is 6.30. The smallest absolute Gasteiger partial charge is 0.133 e. The van der Waals surface area contributed by atoms with Gasteiger partial charge in [0.15, 0.2) is 0 Å². The molecular weight excluding hydrogens is 214 g/mol. The van der Waals surface area contributed by atoms with Crippen molar-refractivity contribution in [1.29, 1.82) is 0 Å². The van der Waals surface area contributed by atoms with Gasteiger partial charge in [-0.2, -0.15) is 0 Å². The first-order valence-corrected chi connectivity index (χ1v) is 6.51. The number of hydrogen-bond donors (Lipinski definition) is 1. The van der Waals surface area contributed by atoms with Crippen LogP contribution in [0.15, 0.2) is 16.7 Å². The Morgan fingerprint density at radius 1 is 1.35 bits per heavy atom. The fourth-order valence-corrected chi connectivity index (χ4v) is 1.86. The van der Waals surface area contributed by atoms with Crippen LogP contribution in [0.4, 0.5) is 0 Å². The summed E-state index contributed by atoms with van der Waals surface area (Å²) in [5.41, 5.74) is 1.20. The largest absolute Gasteiger partial charge is 0.467 e. The molecule has 0 aliphatic carbocycles. The van der Waals surface area contributed by atoms with E-state index in [4.69, 9.17) is 9.15 Å². The summed E-state index contributed by atoms with van der Waals surface area (Å²) in [7, 11) is 0. The lowest BCUT2D eigenvalue weighted by atomic mass is 10.1. The van der Waals surface area contributed by atoms with Crippen molar-refractivity contribution in [1.82, 2.24) is 5.32 Å². The molecule has 0 saturated carbocycles. The van der Waals surface area contributed by atoms with Gasteiger partial charge in [0.2, 0.25) is 0 Å². The molecule has 0 aliphatic rings. The molecule has 0 aromatic carbocycles. The molecule has 98 valence electrons. The Bertz CT molecular complexity index is 307. The van der Waals surface area contributed by atoms with Crippen LogP contribution in [0, 0.1) is 5.92 Å². The molecule has 0 aliphatic heterocycles. The topological polar surface area (TPSA) is 34.4 Å². The number of nitrogens with one attached hydrogen (secondary N) is 1. The third-order valence-corrected chi connectivity index (χ3v) is 2.71. The standard InChI is InChI=1S/C14H25NO2/c1-5-15-9-13-6-7-16-14(13)10-17-12(4)8-11(2)3/h6-7,11-12,15H,5,8-10H2,1-4H3. The molecule has 1 atom stereocenters. The summed E-state index contributed by atoms with van der Waals surface area (Å²) in [6, 6.07) is 2.01. The number of furan rings is 1. The molecule has 0 spiro atoms. The highest BCUT2D eigenvalue weighted by molar-refractivity contribution is 5.16. The highest BCUT2D eigenvalue weighted by atomic mass is 16.5. The van der Waals surface area contributed by atoms with Crippen LogP contribution >= 0.6 is 0 Å². The number of hydrogen-bond acceptors (Lipinski definition) is 3. The minimum atomic E-state index is 0.284. The molecule has 1 heterocycles. The minimum absolute atomic E-state index is 0.284. The van der Waals surface area contributed by atoms with Gasteiger partial charge in [-0.15, -0.1) is 0 Å². The lowest BCUT2D eigenvalue weighted by Gasteiger charge is -2.14. The predicted octanol–water partition coefficient (Wildman–Crippen LogP) is 3.34. The molecule has 0 saturated heterocycles. The second-order valence-electron chi connectivity index (χ2n) is 4.90. The fourth-order valence-electron chi connectivity index (χ4n) is 1.86. The zero-order valence-electron chi connectivity index (χ0n) is 11.5. The summed E-state index contributed by atoms with van der Waals surface area (Å²) in [5.74, 6) is 1.62. The van der Waals surface area contributed by atoms with Crippen LogP contribution in [0.1, 0.15) is 45.4 Å². The van der Waals surface area contributed by atoms with Crippen LogP contribution in [-0.2, 0) is 17.9 Å². The quantitative estimate of drug-likeness (QED) is 0.755. The Morgan fingerprint density at radius 3 is 2.76 bits per heavy atom. The summed E-state index contributed by atoms with van der Waals surface area (Å²) in [6.45, 7) is 11.0. The SMILES string of the molecule is CCNCc1ccoc1COC(C)CC(C)C. The number of rotatable bonds is 8. The van der Waals surface area contributed by atoms with Crippen LogP contribution in [0.5, 0.6) is 0 Å². The molecule has 3 nitrogen and oxygen atoms in total. The van der Waals surface area contributed by atoms with Crippen molar-refractivity contribution in [2.24, 2.45) is 5.92 Å². The first kappa shape index (κ1) is 14.3. The van der Waals surface area contributed by atoms with Gasteiger partial charge in [-0.05, 0) is 31.9 Å². The third-order valence-electron chi connectivity index (χ3n) is 2.71. The second kappa shape index (κ2) is 7.51. The summed E-state index contributed by atoms with van der Waals surface area (Å²) in [4.78, 5) is 0. The maximum Gasteiger partial charge on any atom is 0.133 e. The van der Waals surface area contributed by atoms with Crippen molar-refractivity contribution in [3.8, 4) is 0 Å². The highest BCUT2D eigenvalue weighted by Gasteiger charge is 2.10. The fraction of sp³-hybridized carbons (Fsp3) is 0.714. The molecule has 0 fully saturated rings. The second-order valence-corrected chi connectivity index (χ2v) is 4.90. The molecule has 17 heavy (non-hydrogen) atoms. The van der Waals surface area contributed by atoms with E-state index < -0.39 is 0 Å². The van der Waals surface area contributed by atoms with E-state index in [2.05, 4.69) is 33.0 Å². The maximum atomic E-state index is 5.80. The lowest BCUT2D eigenvalue weighted by Crippen LogP contribution is -2.14. The van der Waals surface area contributed by atoms with Crippen molar-refractivity contribution in [2.45, 2.75) is 53.4 Å². The minimum Gasteiger partial charge on any atom is -0.467 e. The molecule has 1 N–H and O–H groups in total. The molecule has 1 unspecified atom stereocenters. The third kappa shape index (κ3) is 5.37. The molecule has 1 rings (SSSR count). The zero-order chi connectivity index (χ0) is 12.7. The predicted molar refractivity (Wildman–Crippen MR) is 69.8 cm³/mol. The highest BCUT2D eigenvalue weighted by Crippen LogP contribution is 2.15. The van der Waals surface area contributed by atoms with Crippen molar-refractivity contribution >= 4 is 0 Å². The Labute approximate surface area is 105 Å². The van der Waals surface area contributed by atoms with Gasteiger partial charge < -0.3 is 14.5 Å². The Balaban J connectivity index is 2.37. The van der Waals surface area contributed by atoms with E-state index in [9.17, 15) is 0 Å². The number of ether oxygens (including phenoxy) is 1. The zero-order valence-corrected chi connectivity index (χ0v) is 11.5. The van der Waals surface area contributed by atoms with Gasteiger partial charge in [0.05, 0.1) is 12.4 Å². The van der Waals surface area contributed by atoms with Gasteiger partial charge in [-0.25, -0.2) is 0 Å². The summed E-state index contributed by atoms with van der Waals surface area (Å²) < 4.78 is 11.2. The van der Waals surface area contributed by atoms with Gasteiger partial charge in [-0.3, -0.25) is 0 Å². The van der Waals surface area contributed by atoms with Crippen molar-refractivity contribution < 1.29 is 9.15 Å². The molecule has 3 heteroatoms. The van der Waals surface area contributed by atoms with Gasteiger partial charge in [0, 0.05) is 12.1 Å². The van der Waals surface area contributed by atoms with Crippen LogP contribution < -0.4 is 5.32 Å². The lowest BCUT2D eigenvalue weighted by molar-refractivity contribution is 0.0298. The van der Waals surface area contributed by atoms with Crippen molar-refractivity contribution in [3.63, 3.8) is 0 Å². The van der Waals surface area contributed by atoms with Gasteiger partial charge in [0.25, 0.3) is 0 Å². The summed E-state index contributed by atoms with van der Waals surface area (Å²) >= 11 is 0. The van der Waals surface area contributed by atoms with Gasteiger partial charge in [-0.1, -0.05) is 20.8 Å². The van der Waals surface area contributed by atoms with E-state index in [-0.39, 0.29) is 6.10 Å². The van der Waals surface area contributed by atoms with Crippen LogP contribution in [-0.4, -0.2) is 12.6 Å². The van der Waals surface area contributed by atoms with Crippen LogP contribution in [0.25, 0.3) is 0 Å². The van der Waals surface area contributed by atoms with E-state index in [1.807, 2.05) is 6.07 Å². The monoisotopic (exact) mass is 239 g/mol. The maximum absolute atomic E-state index is 5.80. The average molecular weight is 239 g/mol. The van der Waals surface area contributed by atoms with E-state index in [1.54, 1.807) is 6.26 Å². The molecule has 1 aromatic rings. The van der Waals surface area contributed by atoms with Crippen LogP contribution in [0.3, 0.4) is 0 Å². The molecule has 0 radical (unpaired) electrons. The van der Waals surface area contributed by atoms with Crippen molar-refractivity contribution in [2.75, 3.05) is 6.54 Å². The Hall–Kier alpha value is -0.800. The van der Waals surface area contributed by atoms with Gasteiger partial charge in [0.1, 0.15) is 12.4 Å². The first-order valence-electron chi connectivity index (χ1n) is 6.51. The molecule has 0 bridgehead atoms. The average Bonchev–Trinajstić information content (AvgIpc) is 2.70. The summed E-state index contributed by atoms with van der Waals surface area (Å²) in [6.07, 6.45) is 3.11. The van der Waals surface area contributed by atoms with E-state index >= 15 is 0 Å².